The normalized spacial score (nSPS) is 13.3. The lowest BCUT2D eigenvalue weighted by Gasteiger charge is -2.13. The van der Waals surface area contributed by atoms with Crippen molar-refractivity contribution in [2.24, 2.45) is 0 Å². The van der Waals surface area contributed by atoms with Gasteiger partial charge in [-0.1, -0.05) is 6.07 Å². The summed E-state index contributed by atoms with van der Waals surface area (Å²) in [6.45, 7) is 1.55. The van der Waals surface area contributed by atoms with Crippen molar-refractivity contribution in [3.05, 3.63) is 30.1 Å². The van der Waals surface area contributed by atoms with Crippen LogP contribution in [0.4, 0.5) is 10.1 Å². The maximum Gasteiger partial charge on any atom is 0.239 e. The van der Waals surface area contributed by atoms with E-state index in [1.165, 1.54) is 23.1 Å². The highest BCUT2D eigenvalue weighted by Crippen LogP contribution is 2.11. The molecule has 0 fully saturated rings. The van der Waals surface area contributed by atoms with E-state index in [4.69, 9.17) is 0 Å². The average molecular weight is 328 g/mol. The molecule has 0 spiro atoms. The van der Waals surface area contributed by atoms with Gasteiger partial charge in [0.05, 0.1) is 0 Å². The second-order valence-electron chi connectivity index (χ2n) is 5.12. The van der Waals surface area contributed by atoms with E-state index in [9.17, 15) is 18.2 Å². The van der Waals surface area contributed by atoms with Crippen LogP contribution >= 0.6 is 0 Å². The predicted molar refractivity (Wildman–Crippen MR) is 85.4 cm³/mol. The summed E-state index contributed by atoms with van der Waals surface area (Å²) in [4.78, 5) is 24.9. The van der Waals surface area contributed by atoms with Crippen molar-refractivity contribution < 1.29 is 18.2 Å². The second kappa shape index (κ2) is 8.63. The van der Waals surface area contributed by atoms with Gasteiger partial charge in [-0.15, -0.1) is 0 Å². The monoisotopic (exact) mass is 328 g/mol. The quantitative estimate of drug-likeness (QED) is 0.829. The molecule has 2 amide bonds. The maximum atomic E-state index is 13.0. The Kier molecular flexibility index (Phi) is 7.17. The van der Waals surface area contributed by atoms with E-state index in [2.05, 4.69) is 5.32 Å². The molecule has 0 aliphatic carbocycles. The molecule has 0 saturated heterocycles. The lowest BCUT2D eigenvalue weighted by Crippen LogP contribution is -2.30. The molecule has 0 saturated carbocycles. The summed E-state index contributed by atoms with van der Waals surface area (Å²) in [5.41, 5.74) is 0.330. The zero-order chi connectivity index (χ0) is 16.7. The highest BCUT2D eigenvalue weighted by atomic mass is 32.2. The topological polar surface area (TPSA) is 66.5 Å². The molecule has 2 atom stereocenters. The summed E-state index contributed by atoms with van der Waals surface area (Å²) in [5.74, 6) is -0.636. The van der Waals surface area contributed by atoms with E-state index in [0.29, 0.717) is 18.5 Å². The Hall–Kier alpha value is -1.76. The molecule has 1 aromatic carbocycles. The largest absolute Gasteiger partial charge is 0.349 e. The molecule has 0 unspecified atom stereocenters. The summed E-state index contributed by atoms with van der Waals surface area (Å²) in [5, 5.41) is 1.81. The van der Waals surface area contributed by atoms with E-state index in [0.717, 1.165) is 0 Å². The minimum atomic E-state index is -1.38. The molecule has 0 heterocycles. The molecule has 5 nitrogen and oxygen atoms in total. The zero-order valence-corrected chi connectivity index (χ0v) is 13.8. The molecular formula is C15H21FN2O3S. The van der Waals surface area contributed by atoms with E-state index in [-0.39, 0.29) is 11.7 Å². The average Bonchev–Trinajstić information content (AvgIpc) is 2.45. The van der Waals surface area contributed by atoms with Crippen LogP contribution in [0.25, 0.3) is 0 Å². The van der Waals surface area contributed by atoms with Crippen molar-refractivity contribution in [3.8, 4) is 0 Å². The first kappa shape index (κ1) is 18.3. The van der Waals surface area contributed by atoms with Crippen molar-refractivity contribution in [1.82, 2.24) is 4.90 Å². The van der Waals surface area contributed by atoms with Crippen molar-refractivity contribution in [1.29, 1.82) is 0 Å². The Labute approximate surface area is 132 Å². The third-order valence-electron chi connectivity index (χ3n) is 3.09. The van der Waals surface area contributed by atoms with Gasteiger partial charge in [-0.05, 0) is 31.5 Å². The van der Waals surface area contributed by atoms with Gasteiger partial charge in [-0.2, -0.15) is 0 Å². The lowest BCUT2D eigenvalue weighted by atomic mass is 10.3. The highest BCUT2D eigenvalue weighted by molar-refractivity contribution is 7.86. The lowest BCUT2D eigenvalue weighted by molar-refractivity contribution is -0.128. The van der Waals surface area contributed by atoms with Gasteiger partial charge < -0.3 is 10.2 Å². The molecule has 1 N–H and O–H groups in total. The first-order chi connectivity index (χ1) is 10.3. The molecule has 0 aliphatic heterocycles. The molecule has 22 heavy (non-hydrogen) atoms. The molecule has 1 rings (SSSR count). The van der Waals surface area contributed by atoms with Crippen LogP contribution in [0, 0.1) is 5.82 Å². The van der Waals surface area contributed by atoms with Crippen LogP contribution in [0.5, 0.6) is 0 Å². The van der Waals surface area contributed by atoms with Crippen LogP contribution in [0.3, 0.4) is 0 Å². The Morgan fingerprint density at radius 3 is 2.64 bits per heavy atom. The van der Waals surface area contributed by atoms with Crippen LogP contribution in [-0.2, 0) is 20.4 Å². The van der Waals surface area contributed by atoms with Crippen LogP contribution in [-0.4, -0.2) is 46.0 Å². The van der Waals surface area contributed by atoms with Crippen molar-refractivity contribution >= 4 is 28.3 Å². The third-order valence-corrected chi connectivity index (χ3v) is 4.78. The summed E-state index contributed by atoms with van der Waals surface area (Å²) >= 11 is 0. The smallest absolute Gasteiger partial charge is 0.239 e. The van der Waals surface area contributed by atoms with Crippen LogP contribution in [0.15, 0.2) is 24.3 Å². The first-order valence-electron chi connectivity index (χ1n) is 6.95. The number of rotatable bonds is 7. The van der Waals surface area contributed by atoms with Gasteiger partial charge in [0.25, 0.3) is 0 Å². The number of amides is 2. The fourth-order valence-electron chi connectivity index (χ4n) is 1.70. The molecule has 0 radical (unpaired) electrons. The van der Waals surface area contributed by atoms with Gasteiger partial charge in [0.15, 0.2) is 0 Å². The van der Waals surface area contributed by atoms with Crippen molar-refractivity contribution in [2.45, 2.75) is 25.0 Å². The number of halogens is 1. The Morgan fingerprint density at radius 1 is 1.36 bits per heavy atom. The molecule has 1 aromatic rings. The summed E-state index contributed by atoms with van der Waals surface area (Å²) in [6.07, 6.45) is 0.762. The van der Waals surface area contributed by atoms with Gasteiger partial charge in [0, 0.05) is 42.8 Å². The first-order valence-corrected chi connectivity index (χ1v) is 8.33. The SMILES string of the molecule is C[C@H](C(=O)Nc1cccc(F)c1)[S@@](=O)CCCC(=O)N(C)C. The molecule has 0 aromatic heterocycles. The highest BCUT2D eigenvalue weighted by Gasteiger charge is 2.20. The molecule has 0 bridgehead atoms. The number of nitrogens with one attached hydrogen (secondary N) is 1. The van der Waals surface area contributed by atoms with E-state index in [1.54, 1.807) is 27.1 Å². The van der Waals surface area contributed by atoms with Gasteiger partial charge in [-0.25, -0.2) is 4.39 Å². The molecule has 7 heteroatoms. The fraction of sp³-hybridized carbons (Fsp3) is 0.467. The Bertz CT molecular complexity index is 563. The second-order valence-corrected chi connectivity index (χ2v) is 7.00. The number of benzene rings is 1. The minimum Gasteiger partial charge on any atom is -0.349 e. The van der Waals surface area contributed by atoms with Crippen LogP contribution in [0.2, 0.25) is 0 Å². The van der Waals surface area contributed by atoms with E-state index >= 15 is 0 Å². The number of hydrogen-bond acceptors (Lipinski definition) is 3. The summed E-state index contributed by atoms with van der Waals surface area (Å²) in [7, 11) is 1.94. The number of anilines is 1. The van der Waals surface area contributed by atoms with E-state index < -0.39 is 27.8 Å². The zero-order valence-electron chi connectivity index (χ0n) is 13.0. The summed E-state index contributed by atoms with van der Waals surface area (Å²) in [6, 6.07) is 5.52. The summed E-state index contributed by atoms with van der Waals surface area (Å²) < 4.78 is 25.1. The van der Waals surface area contributed by atoms with E-state index in [1.807, 2.05) is 0 Å². The molecule has 0 aliphatic rings. The van der Waals surface area contributed by atoms with Gasteiger partial charge in [-0.3, -0.25) is 13.8 Å². The maximum absolute atomic E-state index is 13.0. The molecular weight excluding hydrogens is 307 g/mol. The number of carbonyl (C=O) groups is 2. The molecule has 122 valence electrons. The number of carbonyl (C=O) groups excluding carboxylic acids is 2. The van der Waals surface area contributed by atoms with Crippen molar-refractivity contribution in [2.75, 3.05) is 25.2 Å². The van der Waals surface area contributed by atoms with Crippen LogP contribution in [0.1, 0.15) is 19.8 Å². The Balaban J connectivity index is 2.45. The van der Waals surface area contributed by atoms with Gasteiger partial charge >= 0.3 is 0 Å². The fourth-order valence-corrected chi connectivity index (χ4v) is 2.78. The van der Waals surface area contributed by atoms with Crippen LogP contribution < -0.4 is 5.32 Å². The van der Waals surface area contributed by atoms with Gasteiger partial charge in [0.1, 0.15) is 11.1 Å². The predicted octanol–water partition coefficient (Wildman–Crippen LogP) is 1.77. The third kappa shape index (κ3) is 5.93. The Morgan fingerprint density at radius 2 is 2.05 bits per heavy atom. The van der Waals surface area contributed by atoms with Gasteiger partial charge in [0.2, 0.25) is 11.8 Å². The standard InChI is InChI=1S/C15H21FN2O3S/c1-11(22(21)9-5-8-14(19)18(2)3)15(20)17-13-7-4-6-12(16)10-13/h4,6-7,10-11H,5,8-9H2,1-3H3,(H,17,20)/t11-,22+/m1/s1. The van der Waals surface area contributed by atoms with Crippen molar-refractivity contribution in [3.63, 3.8) is 0 Å². The number of nitrogens with zero attached hydrogens (tertiary/aromatic N) is 1. The number of hydrogen-bond donors (Lipinski definition) is 1. The minimum absolute atomic E-state index is 0.0335.